The lowest BCUT2D eigenvalue weighted by Gasteiger charge is -2.34. The van der Waals surface area contributed by atoms with Gasteiger partial charge >= 0.3 is 6.09 Å². The minimum Gasteiger partial charge on any atom is -0.493 e. The van der Waals surface area contributed by atoms with Crippen molar-refractivity contribution >= 4 is 11.8 Å². The van der Waals surface area contributed by atoms with Crippen LogP contribution in [0, 0.1) is 6.92 Å². The average molecular weight is 451 g/mol. The van der Waals surface area contributed by atoms with Gasteiger partial charge in [0.15, 0.2) is 0 Å². The van der Waals surface area contributed by atoms with Crippen molar-refractivity contribution in [3.05, 3.63) is 52.1 Å². The fourth-order valence-electron chi connectivity index (χ4n) is 5.17. The molecule has 0 fully saturated rings. The third-order valence-corrected chi connectivity index (χ3v) is 6.73. The molecule has 0 spiro atoms. The highest BCUT2D eigenvalue weighted by atomic mass is 16.6. The van der Waals surface area contributed by atoms with E-state index >= 15 is 0 Å². The van der Waals surface area contributed by atoms with Gasteiger partial charge in [0.05, 0.1) is 18.8 Å². The molecule has 176 valence electrons. The van der Waals surface area contributed by atoms with Gasteiger partial charge in [-0.1, -0.05) is 12.1 Å². The maximum absolute atomic E-state index is 12.7. The molecule has 5 rings (SSSR count). The molecule has 3 aliphatic heterocycles. The second-order valence-corrected chi connectivity index (χ2v) is 10.3. The van der Waals surface area contributed by atoms with Gasteiger partial charge in [-0.25, -0.2) is 4.79 Å². The molecule has 0 bridgehead atoms. The van der Waals surface area contributed by atoms with Crippen LogP contribution < -0.4 is 14.4 Å². The van der Waals surface area contributed by atoms with Crippen LogP contribution in [0.3, 0.4) is 0 Å². The summed E-state index contributed by atoms with van der Waals surface area (Å²) in [7, 11) is 0. The molecule has 0 atom stereocenters. The largest absolute Gasteiger partial charge is 0.493 e. The van der Waals surface area contributed by atoms with Crippen LogP contribution in [-0.2, 0) is 30.5 Å². The predicted octanol–water partition coefficient (Wildman–Crippen LogP) is 4.66. The lowest BCUT2D eigenvalue weighted by Crippen LogP contribution is -2.38. The molecule has 2 aromatic carbocycles. The number of nitrogens with zero attached hydrogens (tertiary/aromatic N) is 2. The number of hydrogen-bond acceptors (Lipinski definition) is 5. The van der Waals surface area contributed by atoms with Crippen LogP contribution in [0.2, 0.25) is 0 Å². The summed E-state index contributed by atoms with van der Waals surface area (Å²) >= 11 is 0. The second kappa shape index (κ2) is 8.47. The first-order valence-electron chi connectivity index (χ1n) is 12.0. The van der Waals surface area contributed by atoms with Gasteiger partial charge in [0.1, 0.15) is 23.7 Å². The molecule has 0 saturated heterocycles. The normalized spacial score (nSPS) is 17.3. The van der Waals surface area contributed by atoms with Crippen molar-refractivity contribution < 1.29 is 19.0 Å². The van der Waals surface area contributed by atoms with E-state index in [1.807, 2.05) is 25.7 Å². The molecule has 0 N–H and O–H groups in total. The van der Waals surface area contributed by atoms with Crippen LogP contribution in [0.15, 0.2) is 24.3 Å². The van der Waals surface area contributed by atoms with Gasteiger partial charge in [-0.05, 0) is 80.5 Å². The summed E-state index contributed by atoms with van der Waals surface area (Å²) in [4.78, 5) is 16.9. The number of fused-ring (bicyclic) bond motifs is 3. The van der Waals surface area contributed by atoms with E-state index in [9.17, 15) is 4.79 Å². The van der Waals surface area contributed by atoms with Gasteiger partial charge < -0.3 is 24.0 Å². The molecule has 0 aliphatic carbocycles. The highest BCUT2D eigenvalue weighted by Crippen LogP contribution is 2.41. The Hall–Kier alpha value is -2.89. The molecular weight excluding hydrogens is 416 g/mol. The molecule has 2 aromatic rings. The third kappa shape index (κ3) is 4.48. The van der Waals surface area contributed by atoms with E-state index in [1.165, 1.54) is 33.5 Å². The van der Waals surface area contributed by atoms with E-state index in [4.69, 9.17) is 14.2 Å². The van der Waals surface area contributed by atoms with Crippen LogP contribution in [0.4, 0.5) is 10.5 Å². The van der Waals surface area contributed by atoms with Crippen LogP contribution in [0.5, 0.6) is 11.5 Å². The first-order valence-corrected chi connectivity index (χ1v) is 12.0. The average Bonchev–Trinajstić information content (AvgIpc) is 3.10. The molecule has 0 unspecified atom stereocenters. The Morgan fingerprint density at radius 3 is 2.58 bits per heavy atom. The quantitative estimate of drug-likeness (QED) is 0.666. The molecule has 33 heavy (non-hydrogen) atoms. The van der Waals surface area contributed by atoms with Crippen molar-refractivity contribution in [1.29, 1.82) is 0 Å². The Balaban J connectivity index is 1.39. The van der Waals surface area contributed by atoms with Gasteiger partial charge in [-0.15, -0.1) is 0 Å². The second-order valence-electron chi connectivity index (χ2n) is 10.3. The van der Waals surface area contributed by atoms with E-state index in [0.717, 1.165) is 50.5 Å². The number of rotatable bonds is 2. The van der Waals surface area contributed by atoms with E-state index in [-0.39, 0.29) is 6.09 Å². The van der Waals surface area contributed by atoms with Crippen molar-refractivity contribution in [3.63, 3.8) is 0 Å². The van der Waals surface area contributed by atoms with Crippen LogP contribution >= 0.6 is 0 Å². The van der Waals surface area contributed by atoms with Gasteiger partial charge in [0, 0.05) is 26.1 Å². The lowest BCUT2D eigenvalue weighted by atomic mass is 9.94. The molecule has 0 aromatic heterocycles. The monoisotopic (exact) mass is 450 g/mol. The maximum Gasteiger partial charge on any atom is 0.410 e. The summed E-state index contributed by atoms with van der Waals surface area (Å²) in [6.45, 7) is 12.5. The summed E-state index contributed by atoms with van der Waals surface area (Å²) in [6.07, 6.45) is 2.41. The minimum atomic E-state index is -0.483. The number of amides is 1. The number of benzene rings is 2. The first kappa shape index (κ1) is 21.9. The van der Waals surface area contributed by atoms with Gasteiger partial charge in [-0.3, -0.25) is 0 Å². The maximum atomic E-state index is 12.7. The van der Waals surface area contributed by atoms with Crippen molar-refractivity contribution in [2.24, 2.45) is 0 Å². The zero-order valence-electron chi connectivity index (χ0n) is 20.2. The van der Waals surface area contributed by atoms with Crippen LogP contribution in [0.25, 0.3) is 0 Å². The number of carbonyl (C=O) groups is 1. The fourth-order valence-corrected chi connectivity index (χ4v) is 5.17. The smallest absolute Gasteiger partial charge is 0.410 e. The fraction of sp³-hybridized carbons (Fsp3) is 0.519. The van der Waals surface area contributed by atoms with Crippen LogP contribution in [0.1, 0.15) is 48.6 Å². The third-order valence-electron chi connectivity index (χ3n) is 6.73. The van der Waals surface area contributed by atoms with Gasteiger partial charge in [0.2, 0.25) is 0 Å². The minimum absolute atomic E-state index is 0.226. The Labute approximate surface area is 196 Å². The Kier molecular flexibility index (Phi) is 5.63. The van der Waals surface area contributed by atoms with Crippen molar-refractivity contribution in [3.8, 4) is 11.5 Å². The van der Waals surface area contributed by atoms with Crippen molar-refractivity contribution in [2.45, 2.75) is 59.1 Å². The topological polar surface area (TPSA) is 51.2 Å². The number of carbonyl (C=O) groups excluding carboxylic acids is 1. The van der Waals surface area contributed by atoms with E-state index in [2.05, 4.69) is 36.1 Å². The summed E-state index contributed by atoms with van der Waals surface area (Å²) in [5.41, 5.74) is 7.23. The molecular formula is C27H34N2O4. The Morgan fingerprint density at radius 2 is 1.76 bits per heavy atom. The zero-order chi connectivity index (χ0) is 23.2. The van der Waals surface area contributed by atoms with E-state index < -0.39 is 5.60 Å². The lowest BCUT2D eigenvalue weighted by molar-refractivity contribution is 0.0258. The first-order chi connectivity index (χ1) is 15.8. The molecule has 1 amide bonds. The van der Waals surface area contributed by atoms with Gasteiger partial charge in [-0.2, -0.15) is 0 Å². The molecule has 0 saturated carbocycles. The number of ether oxygens (including phenoxy) is 3. The predicted molar refractivity (Wildman–Crippen MR) is 129 cm³/mol. The number of hydrogen-bond donors (Lipinski definition) is 0. The Morgan fingerprint density at radius 1 is 0.970 bits per heavy atom. The summed E-state index contributed by atoms with van der Waals surface area (Å²) in [5.74, 6) is 1.99. The van der Waals surface area contributed by atoms with Crippen molar-refractivity contribution in [1.82, 2.24) is 4.90 Å². The Bertz CT molecular complexity index is 1070. The summed E-state index contributed by atoms with van der Waals surface area (Å²) in [5, 5.41) is 0. The molecule has 6 nitrogen and oxygen atoms in total. The van der Waals surface area contributed by atoms with E-state index in [1.54, 1.807) is 0 Å². The highest BCUT2D eigenvalue weighted by molar-refractivity contribution is 5.71. The van der Waals surface area contributed by atoms with Gasteiger partial charge in [0.25, 0.3) is 0 Å². The number of anilines is 1. The SMILES string of the molecule is Cc1c2c(cc3c1N(Cc1ccc4c(c1)CCO4)CCO3)CCN(C(=O)OC(C)(C)C)CC2. The van der Waals surface area contributed by atoms with E-state index in [0.29, 0.717) is 19.7 Å². The zero-order valence-corrected chi connectivity index (χ0v) is 20.2. The van der Waals surface area contributed by atoms with Crippen molar-refractivity contribution in [2.75, 3.05) is 37.7 Å². The highest BCUT2D eigenvalue weighted by Gasteiger charge is 2.29. The molecule has 3 heterocycles. The summed E-state index contributed by atoms with van der Waals surface area (Å²) < 4.78 is 17.4. The molecule has 6 heteroatoms. The molecule has 0 radical (unpaired) electrons. The summed E-state index contributed by atoms with van der Waals surface area (Å²) in [6, 6.07) is 8.78. The standard InChI is InChI=1S/C27H34N2O4/c1-18-22-8-11-28(26(30)33-27(2,3)4)10-7-20(22)16-24-25(18)29(12-14-32-24)17-19-5-6-23-21(15-19)9-13-31-23/h5-6,15-16H,7-14,17H2,1-4H3. The molecule has 3 aliphatic rings. The van der Waals surface area contributed by atoms with Crippen LogP contribution in [-0.4, -0.2) is 49.4 Å².